The Morgan fingerprint density at radius 1 is 0.687 bits per heavy atom. The minimum atomic E-state index is -2.27. The summed E-state index contributed by atoms with van der Waals surface area (Å²) < 4.78 is 28.8. The molecule has 0 spiro atoms. The fourth-order valence-corrected chi connectivity index (χ4v) is 8.19. The van der Waals surface area contributed by atoms with Crippen LogP contribution in [-0.4, -0.2) is 167 Å². The van der Waals surface area contributed by atoms with Crippen LogP contribution < -0.4 is 5.73 Å². The number of hydrogen-bond acceptors (Lipinski definition) is 18. The first kappa shape index (κ1) is 57.9. The predicted octanol–water partition coefficient (Wildman–Crippen LogP) is 1.19. The fourth-order valence-electron chi connectivity index (χ4n) is 8.19. The first-order valence-electron chi connectivity index (χ1n) is 23.3. The molecule has 2 fully saturated rings. The summed E-state index contributed by atoms with van der Waals surface area (Å²) >= 11 is 0. The maximum Gasteiger partial charge on any atom is 0.314 e. The molecule has 19 atom stereocenters. The van der Waals surface area contributed by atoms with Gasteiger partial charge in [-0.2, -0.15) is 0 Å². The number of aliphatic hydroxyl groups is 10. The van der Waals surface area contributed by atoms with Crippen LogP contribution in [-0.2, 0) is 33.3 Å². The van der Waals surface area contributed by atoms with E-state index in [0.717, 1.165) is 0 Å². The Morgan fingerprint density at radius 2 is 1.27 bits per heavy atom. The maximum atomic E-state index is 13.3. The second-order valence-corrected chi connectivity index (χ2v) is 18.0. The van der Waals surface area contributed by atoms with E-state index in [9.17, 15) is 60.7 Å². The minimum Gasteiger partial charge on any atom is -0.466 e. The van der Waals surface area contributed by atoms with Crippen LogP contribution in [0.2, 0.25) is 0 Å². The zero-order chi connectivity index (χ0) is 49.8. The molecule has 0 aliphatic carbocycles. The SMILES string of the molecule is CCOC(=O)[C@H]1[C@@H]2C[C@@H](O[C@@H]3O[C@H](C)[C@@H](O)[C@H](N)[C@@H]3O)/C=C/C=C/C=C/C=C/C=C/C=C/C=C\[C@H](C)[C@@H](O)[C@@H](C)[C@H](C)OC(=O)C[C@H](O)C[C@H](O)CC[C@@H](O)[C@H](O)C[C@H](O)C[C@](O)(C[C@@H]1O)O2. The van der Waals surface area contributed by atoms with E-state index < -0.39 is 147 Å². The van der Waals surface area contributed by atoms with Gasteiger partial charge in [-0.15, -0.1) is 0 Å². The highest BCUT2D eigenvalue weighted by Crippen LogP contribution is 2.38. The number of aliphatic hydroxyl groups excluding tert-OH is 9. The normalized spacial score (nSPS) is 44.4. The molecule has 0 amide bonds. The summed E-state index contributed by atoms with van der Waals surface area (Å²) in [4.78, 5) is 25.9. The van der Waals surface area contributed by atoms with Gasteiger partial charge < -0.3 is 80.5 Å². The lowest BCUT2D eigenvalue weighted by Crippen LogP contribution is -2.61. The van der Waals surface area contributed by atoms with E-state index >= 15 is 0 Å². The van der Waals surface area contributed by atoms with Crippen molar-refractivity contribution in [2.75, 3.05) is 6.61 Å². The maximum absolute atomic E-state index is 13.3. The molecule has 67 heavy (non-hydrogen) atoms. The molecule has 380 valence electrons. The monoisotopic (exact) mass is 952 g/mol. The van der Waals surface area contributed by atoms with Crippen molar-refractivity contribution in [2.24, 2.45) is 23.5 Å². The van der Waals surface area contributed by atoms with Gasteiger partial charge >= 0.3 is 11.9 Å². The van der Waals surface area contributed by atoms with Gasteiger partial charge in [0.25, 0.3) is 0 Å². The number of ether oxygens (including phenoxy) is 5. The number of allylic oxidation sites excluding steroid dienone is 12. The Bertz CT molecular complexity index is 1700. The molecule has 2 saturated heterocycles. The van der Waals surface area contributed by atoms with Crippen LogP contribution in [0.15, 0.2) is 85.1 Å². The Labute approximate surface area is 394 Å². The largest absolute Gasteiger partial charge is 0.466 e. The number of hydrogen-bond donors (Lipinski definition) is 11. The van der Waals surface area contributed by atoms with E-state index in [4.69, 9.17) is 29.4 Å². The van der Waals surface area contributed by atoms with Crippen LogP contribution in [0.25, 0.3) is 0 Å². The van der Waals surface area contributed by atoms with Gasteiger partial charge in [0, 0.05) is 37.5 Å². The molecule has 0 aromatic rings. The number of cyclic esters (lactones) is 1. The molecule has 0 aromatic heterocycles. The van der Waals surface area contributed by atoms with Crippen LogP contribution in [0.1, 0.15) is 86.0 Å². The van der Waals surface area contributed by atoms with Crippen molar-refractivity contribution in [3.05, 3.63) is 85.1 Å². The minimum absolute atomic E-state index is 0.0345. The van der Waals surface area contributed by atoms with Gasteiger partial charge in [0.1, 0.15) is 18.1 Å². The molecule has 18 heteroatoms. The van der Waals surface area contributed by atoms with E-state index in [1.54, 1.807) is 82.4 Å². The molecular weight excluding hydrogens is 875 g/mol. The van der Waals surface area contributed by atoms with Crippen molar-refractivity contribution in [2.45, 2.75) is 183 Å². The highest BCUT2D eigenvalue weighted by Gasteiger charge is 2.51. The quantitative estimate of drug-likeness (QED) is 0.176. The Kier molecular flexibility index (Phi) is 25.0. The zero-order valence-corrected chi connectivity index (χ0v) is 39.2. The van der Waals surface area contributed by atoms with Crippen LogP contribution in [0.3, 0.4) is 0 Å². The summed E-state index contributed by atoms with van der Waals surface area (Å²) in [5, 5.41) is 109. The van der Waals surface area contributed by atoms with E-state index in [0.29, 0.717) is 0 Å². The van der Waals surface area contributed by atoms with Crippen molar-refractivity contribution in [1.82, 2.24) is 0 Å². The van der Waals surface area contributed by atoms with Gasteiger partial charge in [-0.05, 0) is 40.0 Å². The van der Waals surface area contributed by atoms with E-state index in [1.807, 2.05) is 37.3 Å². The second kappa shape index (κ2) is 28.9. The number of fused-ring (bicyclic) bond motifs is 2. The number of carbonyl (C=O) groups excluding carboxylic acids is 2. The van der Waals surface area contributed by atoms with Crippen molar-refractivity contribution >= 4 is 11.9 Å². The van der Waals surface area contributed by atoms with Crippen LogP contribution in [0.5, 0.6) is 0 Å². The summed E-state index contributed by atoms with van der Waals surface area (Å²) in [6.45, 7) is 8.33. The molecule has 2 bridgehead atoms. The first-order valence-corrected chi connectivity index (χ1v) is 23.3. The second-order valence-electron chi connectivity index (χ2n) is 18.0. The molecule has 3 heterocycles. The number of rotatable bonds is 4. The van der Waals surface area contributed by atoms with Gasteiger partial charge in [-0.3, -0.25) is 9.59 Å². The summed E-state index contributed by atoms with van der Waals surface area (Å²) in [7, 11) is 0. The predicted molar refractivity (Wildman–Crippen MR) is 246 cm³/mol. The third kappa shape index (κ3) is 19.5. The molecule has 0 saturated carbocycles. The van der Waals surface area contributed by atoms with Crippen molar-refractivity contribution in [3.8, 4) is 0 Å². The summed E-state index contributed by atoms with van der Waals surface area (Å²) in [6, 6.07) is -1.13. The van der Waals surface area contributed by atoms with Crippen molar-refractivity contribution < 1.29 is 84.3 Å². The third-order valence-corrected chi connectivity index (χ3v) is 12.3. The standard InChI is InChI=1S/C49H77NO17/c1-6-63-47(61)42-39(56)28-49(62)27-35(53)24-38(55)37(54)22-21-33(51)23-34(52)25-41(57)64-31(4)30(3)44(58)29(2)19-17-15-13-11-9-7-8-10-12-14-16-18-20-36(26-40(42)67-49)66-48-46(60)43(50)45(59)32(5)65-48/h7-20,29-40,42-46,48,51-56,58-60,62H,6,21-28,50H2,1-5H3/b8-7+,11-9+,12-10+,15-13+,16-14+,19-17-,20-18+/t29-,30-,31-,32+,33+,34+,35-,36-,37+,38+,39-,40-,42+,43-,44+,45+,46-,48-,49+/m0/s1. The first-order chi connectivity index (χ1) is 31.7. The van der Waals surface area contributed by atoms with Gasteiger partial charge in [0.15, 0.2) is 12.1 Å². The van der Waals surface area contributed by atoms with Crippen LogP contribution in [0.4, 0.5) is 0 Å². The summed E-state index contributed by atoms with van der Waals surface area (Å²) in [5.41, 5.74) is 6.07. The van der Waals surface area contributed by atoms with Crippen LogP contribution >= 0.6 is 0 Å². The summed E-state index contributed by atoms with van der Waals surface area (Å²) in [5.74, 6) is -5.90. The number of carbonyl (C=O) groups is 2. The van der Waals surface area contributed by atoms with E-state index in [2.05, 4.69) is 0 Å². The van der Waals surface area contributed by atoms with Gasteiger partial charge in [0.05, 0.1) is 86.2 Å². The smallest absolute Gasteiger partial charge is 0.314 e. The van der Waals surface area contributed by atoms with Gasteiger partial charge in [-0.1, -0.05) is 98.9 Å². The molecule has 0 unspecified atom stereocenters. The number of nitrogens with two attached hydrogens (primary N) is 1. The fraction of sp³-hybridized carbons (Fsp3) is 0.673. The van der Waals surface area contributed by atoms with Crippen LogP contribution in [0, 0.1) is 17.8 Å². The van der Waals surface area contributed by atoms with Crippen molar-refractivity contribution in [3.63, 3.8) is 0 Å². The summed E-state index contributed by atoms with van der Waals surface area (Å²) in [6.07, 6.45) is 4.56. The Hall–Kier alpha value is -3.44. The molecule has 12 N–H and O–H groups in total. The molecule has 0 radical (unpaired) electrons. The number of esters is 2. The Morgan fingerprint density at radius 3 is 1.87 bits per heavy atom. The van der Waals surface area contributed by atoms with Gasteiger partial charge in [0.2, 0.25) is 0 Å². The zero-order valence-electron chi connectivity index (χ0n) is 39.2. The highest BCUT2D eigenvalue weighted by atomic mass is 16.7. The molecule has 18 nitrogen and oxygen atoms in total. The van der Waals surface area contributed by atoms with E-state index in [-0.39, 0.29) is 38.2 Å². The Balaban J connectivity index is 1.90. The molecule has 3 aliphatic rings. The third-order valence-electron chi connectivity index (χ3n) is 12.3. The lowest BCUT2D eigenvalue weighted by Gasteiger charge is -2.45. The molecule has 0 aromatic carbocycles. The topological polar surface area (TPSA) is 309 Å². The molecule has 3 rings (SSSR count). The van der Waals surface area contributed by atoms with Gasteiger partial charge in [-0.25, -0.2) is 0 Å². The van der Waals surface area contributed by atoms with E-state index in [1.165, 1.54) is 0 Å². The highest BCUT2D eigenvalue weighted by molar-refractivity contribution is 5.74. The molecule has 3 aliphatic heterocycles. The average molecular weight is 952 g/mol. The van der Waals surface area contributed by atoms with Crippen molar-refractivity contribution in [1.29, 1.82) is 0 Å². The lowest BCUT2D eigenvalue weighted by molar-refractivity contribution is -0.309. The molecular formula is C49H77NO17. The average Bonchev–Trinajstić information content (AvgIpc) is 3.25. The lowest BCUT2D eigenvalue weighted by atomic mass is 9.82.